The van der Waals surface area contributed by atoms with Gasteiger partial charge in [-0.2, -0.15) is 0 Å². The van der Waals surface area contributed by atoms with Crippen LogP contribution in [-0.4, -0.2) is 31.1 Å². The largest absolute Gasteiger partial charge is 0.368 e. The molecular weight excluding hydrogens is 445 g/mol. The predicted molar refractivity (Wildman–Crippen MR) is 120 cm³/mol. The number of nitrogens with two attached hydrogens (primary N) is 1. The third-order valence-corrected chi connectivity index (χ3v) is 6.16. The second kappa shape index (κ2) is 8.29. The molecule has 0 fully saturated rings. The summed E-state index contributed by atoms with van der Waals surface area (Å²) in [5.41, 5.74) is 8.06. The molecule has 2 N–H and O–H groups in total. The maximum absolute atomic E-state index is 14.6. The number of hydrogen-bond donors (Lipinski definition) is 1. The van der Waals surface area contributed by atoms with Gasteiger partial charge in [0.1, 0.15) is 17.6 Å². The zero-order chi connectivity index (χ0) is 23.1. The summed E-state index contributed by atoms with van der Waals surface area (Å²) in [6, 6.07) is 10.0. The molecule has 33 heavy (non-hydrogen) atoms. The Bertz CT molecular complexity index is 1340. The van der Waals surface area contributed by atoms with Gasteiger partial charge in [-0.1, -0.05) is 41.9 Å². The molecule has 166 valence electrons. The van der Waals surface area contributed by atoms with E-state index in [1.165, 1.54) is 17.2 Å². The van der Waals surface area contributed by atoms with E-state index in [9.17, 15) is 14.0 Å². The maximum atomic E-state index is 14.6. The number of halogens is 2. The number of carbonyl (C=O) groups excluding carboxylic acids is 2. The first-order chi connectivity index (χ1) is 15.9. The molecule has 2 amide bonds. The fourth-order valence-corrected chi connectivity index (χ4v) is 4.74. The van der Waals surface area contributed by atoms with Crippen molar-refractivity contribution in [1.29, 1.82) is 0 Å². The molecule has 0 saturated carbocycles. The lowest BCUT2D eigenvalue weighted by Gasteiger charge is -2.35. The quantitative estimate of drug-likeness (QED) is 0.486. The van der Waals surface area contributed by atoms with Crippen molar-refractivity contribution in [3.05, 3.63) is 100 Å². The lowest BCUT2D eigenvalue weighted by Crippen LogP contribution is -2.43. The molecule has 9 heteroatoms. The topological polar surface area (TPSA) is 93.6 Å². The van der Waals surface area contributed by atoms with Crippen LogP contribution in [0.3, 0.4) is 0 Å². The molecule has 1 aliphatic carbocycles. The van der Waals surface area contributed by atoms with E-state index >= 15 is 0 Å². The molecule has 0 spiro atoms. The van der Waals surface area contributed by atoms with E-state index in [4.69, 9.17) is 17.3 Å². The minimum atomic E-state index is -1.08. The highest BCUT2D eigenvalue weighted by Gasteiger charge is 2.41. The number of benzene rings is 2. The summed E-state index contributed by atoms with van der Waals surface area (Å²) in [6.07, 6.45) is 7.18. The van der Waals surface area contributed by atoms with Crippen molar-refractivity contribution in [2.24, 2.45) is 5.73 Å². The molecular formula is C24H19ClFN5O2. The Morgan fingerprint density at radius 2 is 2.03 bits per heavy atom. The van der Waals surface area contributed by atoms with E-state index in [1.807, 2.05) is 6.07 Å². The molecule has 0 aliphatic heterocycles. The molecule has 7 nitrogen and oxygen atoms in total. The normalized spacial score (nSPS) is 15.9. The molecule has 2 aromatic carbocycles. The third kappa shape index (κ3) is 3.72. The number of nitrogens with zero attached hydrogens (tertiary/aromatic N) is 4. The first kappa shape index (κ1) is 21.1. The predicted octanol–water partition coefficient (Wildman–Crippen LogP) is 3.88. The Kier molecular flexibility index (Phi) is 5.30. The Morgan fingerprint density at radius 3 is 2.76 bits per heavy atom. The third-order valence-electron chi connectivity index (χ3n) is 5.94. The van der Waals surface area contributed by atoms with Gasteiger partial charge in [0.05, 0.1) is 12.2 Å². The van der Waals surface area contributed by atoms with Crippen LogP contribution in [0.5, 0.6) is 0 Å². The molecule has 4 aromatic rings. The minimum Gasteiger partial charge on any atom is -0.368 e. The molecule has 0 unspecified atom stereocenters. The van der Waals surface area contributed by atoms with E-state index in [-0.39, 0.29) is 10.7 Å². The van der Waals surface area contributed by atoms with Crippen molar-refractivity contribution in [1.82, 2.24) is 19.3 Å². The van der Waals surface area contributed by atoms with Crippen molar-refractivity contribution in [2.45, 2.75) is 24.9 Å². The fraction of sp³-hybridized carbons (Fsp3) is 0.167. The van der Waals surface area contributed by atoms with E-state index in [1.54, 1.807) is 53.3 Å². The molecule has 1 aliphatic rings. The number of fused-ring (bicyclic) bond motifs is 2. The van der Waals surface area contributed by atoms with Gasteiger partial charge in [-0.25, -0.2) is 9.37 Å². The molecule has 0 bridgehead atoms. The van der Waals surface area contributed by atoms with E-state index < -0.39 is 29.7 Å². The average molecular weight is 464 g/mol. The molecule has 2 heterocycles. The average Bonchev–Trinajstić information content (AvgIpc) is 3.41. The number of amides is 2. The Hall–Kier alpha value is -3.78. The van der Waals surface area contributed by atoms with Gasteiger partial charge in [0.25, 0.3) is 5.91 Å². The Morgan fingerprint density at radius 1 is 1.24 bits per heavy atom. The number of carbonyl (C=O) groups is 2. The highest BCUT2D eigenvalue weighted by Crippen LogP contribution is 2.43. The van der Waals surface area contributed by atoms with E-state index in [2.05, 4.69) is 9.97 Å². The highest BCUT2D eigenvalue weighted by molar-refractivity contribution is 6.30. The highest BCUT2D eigenvalue weighted by atomic mass is 35.5. The van der Waals surface area contributed by atoms with E-state index in [0.717, 1.165) is 0 Å². The summed E-state index contributed by atoms with van der Waals surface area (Å²) in [7, 11) is 0. The van der Waals surface area contributed by atoms with Crippen molar-refractivity contribution in [3.63, 3.8) is 0 Å². The van der Waals surface area contributed by atoms with Crippen molar-refractivity contribution >= 4 is 29.1 Å². The smallest absolute Gasteiger partial charge is 0.275 e. The summed E-state index contributed by atoms with van der Waals surface area (Å²) in [5.74, 6) is -1.62. The van der Waals surface area contributed by atoms with Crippen molar-refractivity contribution < 1.29 is 14.0 Å². The summed E-state index contributed by atoms with van der Waals surface area (Å²) in [4.78, 5) is 36.5. The fourth-order valence-electron chi connectivity index (χ4n) is 4.52. The van der Waals surface area contributed by atoms with Gasteiger partial charge in [0, 0.05) is 23.6 Å². The van der Waals surface area contributed by atoms with Crippen LogP contribution >= 0.6 is 11.6 Å². The van der Waals surface area contributed by atoms with Gasteiger partial charge in [-0.15, -0.1) is 0 Å². The van der Waals surface area contributed by atoms with E-state index in [0.29, 0.717) is 35.2 Å². The van der Waals surface area contributed by atoms with Gasteiger partial charge in [0.15, 0.2) is 5.65 Å². The number of rotatable bonds is 5. The van der Waals surface area contributed by atoms with Crippen LogP contribution < -0.4 is 5.73 Å². The molecule has 2 atom stereocenters. The zero-order valence-electron chi connectivity index (χ0n) is 17.4. The number of hydrogen-bond acceptors (Lipinski definition) is 4. The SMILES string of the molecule is NC(=O)[C@@H](c1ccccc1)N(C(=O)c1cn2ccncc2n1)[C@@H]1CCc2c(F)cc(Cl)cc21. The summed E-state index contributed by atoms with van der Waals surface area (Å²) < 4.78 is 16.3. The summed E-state index contributed by atoms with van der Waals surface area (Å²) in [6.45, 7) is 0. The van der Waals surface area contributed by atoms with Crippen LogP contribution in [0.15, 0.2) is 67.3 Å². The second-order valence-electron chi connectivity index (χ2n) is 7.91. The molecule has 0 saturated heterocycles. The molecule has 0 radical (unpaired) electrons. The summed E-state index contributed by atoms with van der Waals surface area (Å²) in [5, 5.41) is 0.222. The van der Waals surface area contributed by atoms with Crippen LogP contribution in [0.25, 0.3) is 5.65 Å². The van der Waals surface area contributed by atoms with Gasteiger partial charge >= 0.3 is 0 Å². The zero-order valence-corrected chi connectivity index (χ0v) is 18.1. The second-order valence-corrected chi connectivity index (χ2v) is 8.34. The van der Waals surface area contributed by atoms with Crippen LogP contribution in [0.4, 0.5) is 4.39 Å². The van der Waals surface area contributed by atoms with Gasteiger partial charge in [-0.3, -0.25) is 14.6 Å². The summed E-state index contributed by atoms with van der Waals surface area (Å²) >= 11 is 6.15. The van der Waals surface area contributed by atoms with Crippen LogP contribution in [0.1, 0.15) is 45.7 Å². The van der Waals surface area contributed by atoms with Gasteiger partial charge in [-0.05, 0) is 41.7 Å². The number of primary amides is 1. The first-order valence-corrected chi connectivity index (χ1v) is 10.8. The lowest BCUT2D eigenvalue weighted by molar-refractivity contribution is -0.123. The monoisotopic (exact) mass is 463 g/mol. The molecule has 2 aromatic heterocycles. The van der Waals surface area contributed by atoms with Crippen LogP contribution in [0.2, 0.25) is 5.02 Å². The lowest BCUT2D eigenvalue weighted by atomic mass is 9.98. The Labute approximate surface area is 193 Å². The number of imidazole rings is 1. The first-order valence-electron chi connectivity index (χ1n) is 10.4. The van der Waals surface area contributed by atoms with Gasteiger partial charge < -0.3 is 15.0 Å². The van der Waals surface area contributed by atoms with Crippen LogP contribution in [0, 0.1) is 5.82 Å². The molecule has 5 rings (SSSR count). The van der Waals surface area contributed by atoms with Crippen molar-refractivity contribution in [3.8, 4) is 0 Å². The Balaban J connectivity index is 1.68. The maximum Gasteiger partial charge on any atom is 0.275 e. The van der Waals surface area contributed by atoms with Crippen molar-refractivity contribution in [2.75, 3.05) is 0 Å². The number of aromatic nitrogens is 3. The van der Waals surface area contributed by atoms with Crippen LogP contribution in [-0.2, 0) is 11.2 Å². The standard InChI is InChI=1S/C24H19ClFN5O2/c25-15-10-17-16(18(26)11-15)6-7-20(17)31(22(23(27)32)14-4-2-1-3-5-14)24(33)19-13-30-9-8-28-12-21(30)29-19/h1-5,8-13,20,22H,6-7H2,(H2,27,32)/t20-,22-/m1/s1. The van der Waals surface area contributed by atoms with Gasteiger partial charge in [0.2, 0.25) is 5.91 Å². The minimum absolute atomic E-state index is 0.126.